The summed E-state index contributed by atoms with van der Waals surface area (Å²) in [5, 5.41) is 9.68. The highest BCUT2D eigenvalue weighted by molar-refractivity contribution is 7.99. The van der Waals surface area contributed by atoms with Gasteiger partial charge in [-0.2, -0.15) is 0 Å². The van der Waals surface area contributed by atoms with Gasteiger partial charge < -0.3 is 9.67 Å². The Morgan fingerprint density at radius 1 is 1.48 bits per heavy atom. The number of aromatic nitrogens is 2. The Hall–Kier alpha value is -1.25. The normalized spacial score (nSPS) is 11.9. The van der Waals surface area contributed by atoms with E-state index in [1.165, 1.54) is 0 Å². The molecule has 0 bridgehead atoms. The van der Waals surface area contributed by atoms with Gasteiger partial charge >= 0.3 is 5.97 Å². The number of nitrogens with zero attached hydrogens (tertiary/aromatic N) is 2. The molecule has 2 aromatic rings. The number of aryl methyl sites for hydroxylation is 1. The molecular formula is C12H13ClN2O4S2. The summed E-state index contributed by atoms with van der Waals surface area (Å²) in [4.78, 5) is 15.0. The third-order valence-electron chi connectivity index (χ3n) is 2.69. The lowest BCUT2D eigenvalue weighted by Gasteiger charge is -2.08. The highest BCUT2D eigenvalue weighted by Gasteiger charge is 2.16. The number of benzene rings is 1. The molecule has 0 radical (unpaired) electrons. The Balaban J connectivity index is 2.45. The minimum Gasteiger partial charge on any atom is -0.481 e. The topological polar surface area (TPSA) is 89.3 Å². The Bertz CT molecular complexity index is 786. The van der Waals surface area contributed by atoms with Crippen LogP contribution >= 0.6 is 23.4 Å². The fourth-order valence-corrected chi connectivity index (χ4v) is 3.36. The van der Waals surface area contributed by atoms with E-state index in [1.54, 1.807) is 22.8 Å². The van der Waals surface area contributed by atoms with Crippen LogP contribution in [-0.2, 0) is 21.2 Å². The summed E-state index contributed by atoms with van der Waals surface area (Å²) >= 11 is 7.19. The number of hydrogen-bond acceptors (Lipinski definition) is 5. The molecule has 114 valence electrons. The third-order valence-corrected chi connectivity index (χ3v) is 4.88. The minimum atomic E-state index is -3.15. The lowest BCUT2D eigenvalue weighted by molar-refractivity contribution is -0.133. The zero-order valence-corrected chi connectivity index (χ0v) is 13.5. The SMILES string of the molecule is CS(=O)(=O)CCn1c(SCC(=O)O)nc2cccc(Cl)c21. The first-order chi connectivity index (χ1) is 9.78. The molecule has 0 atom stereocenters. The van der Waals surface area contributed by atoms with Crippen LogP contribution < -0.4 is 0 Å². The summed E-state index contributed by atoms with van der Waals surface area (Å²) < 4.78 is 24.4. The standard InChI is InChI=1S/C12H13ClN2O4S2/c1-21(18,19)6-5-15-11-8(13)3-2-4-9(11)14-12(15)20-7-10(16)17/h2-4H,5-7H2,1H3,(H,16,17). The van der Waals surface area contributed by atoms with Crippen molar-refractivity contribution in [2.45, 2.75) is 11.7 Å². The van der Waals surface area contributed by atoms with Gasteiger partial charge in [-0.25, -0.2) is 13.4 Å². The van der Waals surface area contributed by atoms with Gasteiger partial charge in [-0.05, 0) is 12.1 Å². The van der Waals surface area contributed by atoms with Crippen LogP contribution in [0.15, 0.2) is 23.4 Å². The number of para-hydroxylation sites is 1. The summed E-state index contributed by atoms with van der Waals surface area (Å²) in [5.41, 5.74) is 1.24. The average molecular weight is 349 g/mol. The molecule has 9 heteroatoms. The lowest BCUT2D eigenvalue weighted by atomic mass is 10.3. The van der Waals surface area contributed by atoms with Crippen molar-refractivity contribution in [2.75, 3.05) is 17.8 Å². The van der Waals surface area contributed by atoms with E-state index in [4.69, 9.17) is 16.7 Å². The highest BCUT2D eigenvalue weighted by Crippen LogP contribution is 2.29. The third kappa shape index (κ3) is 4.12. The van der Waals surface area contributed by atoms with Gasteiger partial charge in [-0.15, -0.1) is 0 Å². The van der Waals surface area contributed by atoms with Crippen molar-refractivity contribution in [2.24, 2.45) is 0 Å². The molecule has 0 amide bonds. The quantitative estimate of drug-likeness (QED) is 0.802. The van der Waals surface area contributed by atoms with Crippen molar-refractivity contribution in [3.05, 3.63) is 23.2 Å². The molecule has 21 heavy (non-hydrogen) atoms. The molecule has 0 unspecified atom stereocenters. The van der Waals surface area contributed by atoms with Gasteiger partial charge in [0.1, 0.15) is 9.84 Å². The van der Waals surface area contributed by atoms with Gasteiger partial charge in [0.15, 0.2) is 5.16 Å². The van der Waals surface area contributed by atoms with Crippen molar-refractivity contribution in [3.8, 4) is 0 Å². The Morgan fingerprint density at radius 3 is 2.81 bits per heavy atom. The number of halogens is 1. The molecule has 6 nitrogen and oxygen atoms in total. The van der Waals surface area contributed by atoms with Crippen LogP contribution in [0.25, 0.3) is 11.0 Å². The van der Waals surface area contributed by atoms with Gasteiger partial charge in [0.05, 0.1) is 27.6 Å². The van der Waals surface area contributed by atoms with Gasteiger partial charge in [-0.3, -0.25) is 4.79 Å². The fourth-order valence-electron chi connectivity index (χ4n) is 1.82. The molecule has 1 aromatic carbocycles. The number of carbonyl (C=O) groups is 1. The Labute approximate surface area is 131 Å². The van der Waals surface area contributed by atoms with Crippen molar-refractivity contribution in [1.82, 2.24) is 9.55 Å². The first-order valence-electron chi connectivity index (χ1n) is 5.95. The molecule has 0 saturated heterocycles. The van der Waals surface area contributed by atoms with E-state index in [0.717, 1.165) is 18.0 Å². The van der Waals surface area contributed by atoms with E-state index in [-0.39, 0.29) is 18.1 Å². The Morgan fingerprint density at radius 2 is 2.19 bits per heavy atom. The Kier molecular flexibility index (Phi) is 4.80. The predicted molar refractivity (Wildman–Crippen MR) is 82.8 cm³/mol. The van der Waals surface area contributed by atoms with Crippen LogP contribution in [0.1, 0.15) is 0 Å². The second kappa shape index (κ2) is 6.25. The molecule has 0 fully saturated rings. The van der Waals surface area contributed by atoms with E-state index >= 15 is 0 Å². The number of fused-ring (bicyclic) bond motifs is 1. The predicted octanol–water partition coefficient (Wildman–Crippen LogP) is 1.91. The molecule has 2 rings (SSSR count). The van der Waals surface area contributed by atoms with Crippen molar-refractivity contribution in [3.63, 3.8) is 0 Å². The van der Waals surface area contributed by atoms with Gasteiger partial charge in [0.25, 0.3) is 0 Å². The second-order valence-corrected chi connectivity index (χ2v) is 8.08. The largest absolute Gasteiger partial charge is 0.481 e. The first kappa shape index (κ1) is 16.1. The molecule has 1 N–H and O–H groups in total. The summed E-state index contributed by atoms with van der Waals surface area (Å²) in [6.07, 6.45) is 1.15. The number of sulfone groups is 1. The maximum atomic E-state index is 11.4. The second-order valence-electron chi connectivity index (χ2n) is 4.47. The van der Waals surface area contributed by atoms with Crippen molar-refractivity contribution >= 4 is 50.2 Å². The lowest BCUT2D eigenvalue weighted by Crippen LogP contribution is -2.12. The average Bonchev–Trinajstić information content (AvgIpc) is 2.72. The van der Waals surface area contributed by atoms with Crippen LogP contribution in [0.2, 0.25) is 5.02 Å². The number of aliphatic carboxylic acids is 1. The summed E-state index contributed by atoms with van der Waals surface area (Å²) in [7, 11) is -3.15. The van der Waals surface area contributed by atoms with Gasteiger partial charge in [-0.1, -0.05) is 29.4 Å². The van der Waals surface area contributed by atoms with E-state index in [9.17, 15) is 13.2 Å². The molecule has 0 saturated carbocycles. The molecule has 0 aliphatic carbocycles. The molecule has 1 aromatic heterocycles. The maximum absolute atomic E-state index is 11.4. The van der Waals surface area contributed by atoms with Crippen LogP contribution in [0.4, 0.5) is 0 Å². The zero-order valence-electron chi connectivity index (χ0n) is 11.1. The summed E-state index contributed by atoms with van der Waals surface area (Å²) in [5.74, 6) is -1.18. The van der Waals surface area contributed by atoms with Crippen LogP contribution in [0.5, 0.6) is 0 Å². The number of imidazole rings is 1. The van der Waals surface area contributed by atoms with Crippen LogP contribution in [-0.4, -0.2) is 46.8 Å². The number of hydrogen-bond donors (Lipinski definition) is 1. The molecule has 1 heterocycles. The number of carboxylic acid groups (broad SMARTS) is 1. The molecule has 0 spiro atoms. The van der Waals surface area contributed by atoms with E-state index in [1.807, 2.05) is 0 Å². The first-order valence-corrected chi connectivity index (χ1v) is 9.37. The van der Waals surface area contributed by atoms with Crippen LogP contribution in [0, 0.1) is 0 Å². The maximum Gasteiger partial charge on any atom is 0.313 e. The van der Waals surface area contributed by atoms with Crippen molar-refractivity contribution in [1.29, 1.82) is 0 Å². The highest BCUT2D eigenvalue weighted by atomic mass is 35.5. The fraction of sp³-hybridized carbons (Fsp3) is 0.333. The van der Waals surface area contributed by atoms with Gasteiger partial charge in [0, 0.05) is 12.8 Å². The zero-order chi connectivity index (χ0) is 15.6. The number of thioether (sulfide) groups is 1. The van der Waals surface area contributed by atoms with Gasteiger partial charge in [0.2, 0.25) is 0 Å². The molecular weight excluding hydrogens is 336 g/mol. The van der Waals surface area contributed by atoms with E-state index < -0.39 is 15.8 Å². The summed E-state index contributed by atoms with van der Waals surface area (Å²) in [6, 6.07) is 5.18. The monoisotopic (exact) mass is 348 g/mol. The minimum absolute atomic E-state index is 0.0652. The number of carboxylic acids is 1. The molecule has 0 aliphatic heterocycles. The smallest absolute Gasteiger partial charge is 0.313 e. The van der Waals surface area contributed by atoms with Crippen LogP contribution in [0.3, 0.4) is 0 Å². The summed E-state index contributed by atoms with van der Waals surface area (Å²) in [6.45, 7) is 0.182. The van der Waals surface area contributed by atoms with Crippen molar-refractivity contribution < 1.29 is 18.3 Å². The van der Waals surface area contributed by atoms with E-state index in [2.05, 4.69) is 4.98 Å². The number of rotatable bonds is 6. The molecule has 0 aliphatic rings. The van der Waals surface area contributed by atoms with E-state index in [0.29, 0.717) is 21.2 Å².